The number of allylic oxidation sites excluding steroid dienone is 1. The van der Waals surface area contributed by atoms with Crippen LogP contribution in [0.2, 0.25) is 0 Å². The lowest BCUT2D eigenvalue weighted by Crippen LogP contribution is -2.54. The van der Waals surface area contributed by atoms with E-state index < -0.39 is 0 Å². The van der Waals surface area contributed by atoms with Gasteiger partial charge in [0.1, 0.15) is 11.6 Å². The first-order valence-electron chi connectivity index (χ1n) is 13.1. The molecule has 196 valence electrons. The highest BCUT2D eigenvalue weighted by molar-refractivity contribution is 6.10. The Kier molecular flexibility index (Phi) is 7.27. The normalized spacial score (nSPS) is 19.4. The second-order valence-corrected chi connectivity index (χ2v) is 10.3. The maximum atomic E-state index is 13.3. The van der Waals surface area contributed by atoms with E-state index in [1.807, 2.05) is 17.9 Å². The van der Waals surface area contributed by atoms with Crippen LogP contribution in [-0.4, -0.2) is 47.7 Å². The first-order valence-corrected chi connectivity index (χ1v) is 13.1. The molecule has 0 saturated carbocycles. The molecular weight excluding hydrogens is 477 g/mol. The van der Waals surface area contributed by atoms with Crippen molar-refractivity contribution < 1.29 is 9.18 Å². The summed E-state index contributed by atoms with van der Waals surface area (Å²) in [5.74, 6) is 0.773. The van der Waals surface area contributed by atoms with Gasteiger partial charge in [-0.15, -0.1) is 0 Å². The number of anilines is 1. The van der Waals surface area contributed by atoms with Gasteiger partial charge in [-0.25, -0.2) is 9.37 Å². The molecule has 1 atom stereocenters. The standard InChI is InChI=1S/C31H34FN5O/c1-22-28(26(18-33)19-34-2)17-25-12-13-31(37(30(25)35-22)20-24-6-4-3-5-7-24)14-15-36(21-31)29(38)16-23-8-10-27(32)11-9-23/h3-11,17-19H,12-16,20-21,33H2,1-2H3. The molecule has 0 radical (unpaired) electrons. The molecule has 1 aromatic heterocycles. The lowest BCUT2D eigenvalue weighted by atomic mass is 9.83. The number of carbonyl (C=O) groups is 1. The molecule has 3 aromatic rings. The summed E-state index contributed by atoms with van der Waals surface area (Å²) in [7, 11) is 1.74. The summed E-state index contributed by atoms with van der Waals surface area (Å²) in [6.07, 6.45) is 6.32. The number of aliphatic imine (C=N–C) groups is 1. The fraction of sp³-hybridized carbons (Fsp3) is 0.323. The number of hydrogen-bond donors (Lipinski definition) is 1. The zero-order chi connectivity index (χ0) is 26.7. The van der Waals surface area contributed by atoms with E-state index in [0.29, 0.717) is 13.1 Å². The second-order valence-electron chi connectivity index (χ2n) is 10.3. The van der Waals surface area contributed by atoms with Gasteiger partial charge in [0.2, 0.25) is 5.91 Å². The number of pyridine rings is 1. The third-order valence-electron chi connectivity index (χ3n) is 7.85. The molecule has 1 fully saturated rings. The lowest BCUT2D eigenvalue weighted by molar-refractivity contribution is -0.129. The van der Waals surface area contributed by atoms with Crippen LogP contribution in [0.5, 0.6) is 0 Å². The second kappa shape index (κ2) is 10.8. The van der Waals surface area contributed by atoms with E-state index in [2.05, 4.69) is 40.2 Å². The molecule has 2 aliphatic heterocycles. The number of fused-ring (bicyclic) bond motifs is 1. The van der Waals surface area contributed by atoms with E-state index in [1.54, 1.807) is 31.6 Å². The Morgan fingerprint density at radius 2 is 1.89 bits per heavy atom. The van der Waals surface area contributed by atoms with Gasteiger partial charge in [-0.3, -0.25) is 9.79 Å². The molecule has 1 saturated heterocycles. The van der Waals surface area contributed by atoms with Crippen molar-refractivity contribution in [3.8, 4) is 0 Å². The average molecular weight is 512 g/mol. The minimum absolute atomic E-state index is 0.0787. The SMILES string of the molecule is CN=CC(=CN)c1cc2c(nc1C)N(Cc1ccccc1)C1(CC2)CCN(C(=O)Cc2ccc(F)cc2)C1. The number of aromatic nitrogens is 1. The molecule has 0 aliphatic carbocycles. The number of benzene rings is 2. The highest BCUT2D eigenvalue weighted by atomic mass is 19.1. The van der Waals surface area contributed by atoms with Gasteiger partial charge < -0.3 is 15.5 Å². The van der Waals surface area contributed by atoms with Gasteiger partial charge in [-0.2, -0.15) is 0 Å². The summed E-state index contributed by atoms with van der Waals surface area (Å²) in [6, 6.07) is 18.8. The Morgan fingerprint density at radius 1 is 1.13 bits per heavy atom. The summed E-state index contributed by atoms with van der Waals surface area (Å²) < 4.78 is 13.3. The summed E-state index contributed by atoms with van der Waals surface area (Å²) in [6.45, 7) is 4.08. The van der Waals surface area contributed by atoms with Gasteiger partial charge in [0.15, 0.2) is 0 Å². The predicted molar refractivity (Wildman–Crippen MR) is 151 cm³/mol. The zero-order valence-corrected chi connectivity index (χ0v) is 22.0. The van der Waals surface area contributed by atoms with E-state index >= 15 is 0 Å². The number of nitrogens with two attached hydrogens (primary N) is 1. The molecule has 2 aliphatic rings. The molecule has 2 aromatic carbocycles. The van der Waals surface area contributed by atoms with E-state index in [-0.39, 0.29) is 23.7 Å². The molecule has 38 heavy (non-hydrogen) atoms. The highest BCUT2D eigenvalue weighted by Crippen LogP contribution is 2.43. The number of amides is 1. The van der Waals surface area contributed by atoms with E-state index in [9.17, 15) is 9.18 Å². The van der Waals surface area contributed by atoms with Crippen LogP contribution >= 0.6 is 0 Å². The molecule has 6 nitrogen and oxygen atoms in total. The number of hydrogen-bond acceptors (Lipinski definition) is 5. The van der Waals surface area contributed by atoms with Gasteiger partial charge in [0, 0.05) is 55.9 Å². The molecule has 5 rings (SSSR count). The molecule has 0 bridgehead atoms. The molecule has 3 heterocycles. The van der Waals surface area contributed by atoms with Crippen LogP contribution in [0.3, 0.4) is 0 Å². The van der Waals surface area contributed by atoms with Crippen LogP contribution in [0.1, 0.15) is 40.8 Å². The number of likely N-dealkylation sites (tertiary alicyclic amines) is 1. The minimum Gasteiger partial charge on any atom is -0.404 e. The fourth-order valence-corrected chi connectivity index (χ4v) is 5.80. The monoisotopic (exact) mass is 511 g/mol. The Hall–Kier alpha value is -4.00. The summed E-state index contributed by atoms with van der Waals surface area (Å²) in [5, 5.41) is 0. The third-order valence-corrected chi connectivity index (χ3v) is 7.85. The molecule has 1 unspecified atom stereocenters. The molecular formula is C31H34FN5O. The lowest BCUT2D eigenvalue weighted by Gasteiger charge is -2.46. The van der Waals surface area contributed by atoms with Crippen molar-refractivity contribution in [1.29, 1.82) is 0 Å². The topological polar surface area (TPSA) is 74.8 Å². The zero-order valence-electron chi connectivity index (χ0n) is 22.0. The molecule has 1 spiro atoms. The Labute approximate surface area is 223 Å². The van der Waals surface area contributed by atoms with E-state index in [1.165, 1.54) is 23.3 Å². The van der Waals surface area contributed by atoms with Gasteiger partial charge in [-0.05, 0) is 61.1 Å². The first-order chi connectivity index (χ1) is 18.4. The number of nitrogens with zero attached hydrogens (tertiary/aromatic N) is 4. The van der Waals surface area contributed by atoms with Crippen LogP contribution in [0.15, 0.2) is 71.9 Å². The Bertz CT molecular complexity index is 1370. The number of rotatable bonds is 6. The summed E-state index contributed by atoms with van der Waals surface area (Å²) >= 11 is 0. The number of aryl methyl sites for hydroxylation is 2. The Morgan fingerprint density at radius 3 is 2.61 bits per heavy atom. The molecule has 1 amide bonds. The highest BCUT2D eigenvalue weighted by Gasteiger charge is 2.47. The minimum atomic E-state index is -0.291. The summed E-state index contributed by atoms with van der Waals surface area (Å²) in [5.41, 5.74) is 11.7. The van der Waals surface area contributed by atoms with Gasteiger partial charge >= 0.3 is 0 Å². The molecule has 2 N–H and O–H groups in total. The predicted octanol–water partition coefficient (Wildman–Crippen LogP) is 4.70. The largest absolute Gasteiger partial charge is 0.404 e. The van der Waals surface area contributed by atoms with Gasteiger partial charge in [-0.1, -0.05) is 42.5 Å². The van der Waals surface area contributed by atoms with Crippen molar-refractivity contribution in [3.63, 3.8) is 0 Å². The molecule has 7 heteroatoms. The van der Waals surface area contributed by atoms with Crippen molar-refractivity contribution in [2.45, 2.75) is 44.7 Å². The first kappa shape index (κ1) is 25.6. The van der Waals surface area contributed by atoms with Gasteiger partial charge in [0.25, 0.3) is 0 Å². The van der Waals surface area contributed by atoms with Crippen molar-refractivity contribution in [1.82, 2.24) is 9.88 Å². The van der Waals surface area contributed by atoms with Crippen molar-refractivity contribution in [2.24, 2.45) is 10.7 Å². The van der Waals surface area contributed by atoms with Crippen LogP contribution in [-0.2, 0) is 24.2 Å². The summed E-state index contributed by atoms with van der Waals surface area (Å²) in [4.78, 5) is 27.0. The van der Waals surface area contributed by atoms with Gasteiger partial charge in [0.05, 0.1) is 12.0 Å². The number of carbonyl (C=O) groups excluding carboxylic acids is 1. The average Bonchev–Trinajstić information content (AvgIpc) is 3.36. The van der Waals surface area contributed by atoms with Crippen LogP contribution in [0.25, 0.3) is 5.57 Å². The maximum Gasteiger partial charge on any atom is 0.227 e. The number of halogens is 1. The quantitative estimate of drug-likeness (QED) is 0.487. The van der Waals surface area contributed by atoms with E-state index in [0.717, 1.165) is 54.0 Å². The van der Waals surface area contributed by atoms with Crippen LogP contribution in [0.4, 0.5) is 10.2 Å². The van der Waals surface area contributed by atoms with E-state index in [4.69, 9.17) is 10.7 Å². The van der Waals surface area contributed by atoms with Crippen molar-refractivity contribution in [3.05, 3.63) is 101 Å². The van der Waals surface area contributed by atoms with Crippen LogP contribution in [0, 0.1) is 12.7 Å². The fourth-order valence-electron chi connectivity index (χ4n) is 5.80. The smallest absolute Gasteiger partial charge is 0.227 e. The van der Waals surface area contributed by atoms with Crippen molar-refractivity contribution >= 4 is 23.5 Å². The maximum absolute atomic E-state index is 13.3. The third kappa shape index (κ3) is 5.05. The van der Waals surface area contributed by atoms with Crippen LogP contribution < -0.4 is 10.6 Å². The van der Waals surface area contributed by atoms with Crippen molar-refractivity contribution in [2.75, 3.05) is 25.0 Å². The Balaban J connectivity index is 1.47.